The molecule has 1 aromatic heterocycles. The van der Waals surface area contributed by atoms with E-state index in [2.05, 4.69) is 42.6 Å². The number of aromatic nitrogens is 2. The Labute approximate surface area is 62.1 Å². The largest absolute Gasteiger partial charge is 0.243 e. The van der Waals surface area contributed by atoms with E-state index in [1.807, 2.05) is 0 Å². The lowest BCUT2D eigenvalue weighted by molar-refractivity contribution is -0.671. The summed E-state index contributed by atoms with van der Waals surface area (Å²) in [5.41, 5.74) is 1.41. The van der Waals surface area contributed by atoms with Crippen LogP contribution in [0, 0.1) is 0 Å². The highest BCUT2D eigenvalue weighted by Crippen LogP contribution is 1.96. The molecular weight excluding hydrogens is 124 g/mol. The van der Waals surface area contributed by atoms with Crippen LogP contribution in [0.1, 0.15) is 19.5 Å². The van der Waals surface area contributed by atoms with Gasteiger partial charge in [-0.2, -0.15) is 0 Å². The summed E-state index contributed by atoms with van der Waals surface area (Å²) in [6.45, 7) is 5.42. The van der Waals surface area contributed by atoms with E-state index < -0.39 is 0 Å². The van der Waals surface area contributed by atoms with Gasteiger partial charge >= 0.3 is 0 Å². The van der Waals surface area contributed by atoms with Crippen LogP contribution in [0.2, 0.25) is 0 Å². The molecule has 0 N–H and O–H groups in total. The Morgan fingerprint density at radius 3 is 2.60 bits per heavy atom. The molecule has 1 heterocycles. The lowest BCUT2D eigenvalue weighted by Gasteiger charge is -1.90. The fourth-order valence-corrected chi connectivity index (χ4v) is 1.22. The average Bonchev–Trinajstić information content (AvgIpc) is 2.30. The third-order valence-electron chi connectivity index (χ3n) is 1.75. The molecule has 0 saturated heterocycles. The van der Waals surface area contributed by atoms with Gasteiger partial charge in [0, 0.05) is 6.42 Å². The van der Waals surface area contributed by atoms with Gasteiger partial charge in [-0.15, -0.1) is 0 Å². The van der Waals surface area contributed by atoms with Gasteiger partial charge in [0.2, 0.25) is 6.33 Å². The Kier molecular flexibility index (Phi) is 2.10. The topological polar surface area (TPSA) is 8.81 Å². The van der Waals surface area contributed by atoms with E-state index in [0.717, 1.165) is 13.0 Å². The zero-order valence-electron chi connectivity index (χ0n) is 6.96. The molecule has 0 bridgehead atoms. The zero-order valence-corrected chi connectivity index (χ0v) is 6.96. The van der Waals surface area contributed by atoms with Crippen molar-refractivity contribution in [3.8, 4) is 0 Å². The van der Waals surface area contributed by atoms with E-state index in [1.54, 1.807) is 0 Å². The fraction of sp³-hybridized carbons (Fsp3) is 0.625. The minimum atomic E-state index is 1.07. The summed E-state index contributed by atoms with van der Waals surface area (Å²) >= 11 is 0. The Morgan fingerprint density at radius 1 is 1.50 bits per heavy atom. The van der Waals surface area contributed by atoms with Crippen molar-refractivity contribution in [2.24, 2.45) is 7.05 Å². The summed E-state index contributed by atoms with van der Waals surface area (Å²) in [6, 6.07) is 0. The summed E-state index contributed by atoms with van der Waals surface area (Å²) in [6.07, 6.45) is 5.41. The molecule has 1 rings (SSSR count). The van der Waals surface area contributed by atoms with Crippen LogP contribution in [0.4, 0.5) is 0 Å². The average molecular weight is 139 g/mol. The normalized spacial score (nSPS) is 10.3. The first-order chi connectivity index (χ1) is 4.77. The summed E-state index contributed by atoms with van der Waals surface area (Å²) in [5.74, 6) is 0. The first-order valence-electron chi connectivity index (χ1n) is 3.82. The molecule has 10 heavy (non-hydrogen) atoms. The Bertz CT molecular complexity index is 192. The maximum Gasteiger partial charge on any atom is 0.243 e. The van der Waals surface area contributed by atoms with Gasteiger partial charge in [0.1, 0.15) is 11.9 Å². The van der Waals surface area contributed by atoms with Gasteiger partial charge in [-0.1, -0.05) is 6.92 Å². The summed E-state index contributed by atoms with van der Waals surface area (Å²) in [4.78, 5) is 0. The number of hydrogen-bond acceptors (Lipinski definition) is 0. The third kappa shape index (κ3) is 1.20. The smallest absolute Gasteiger partial charge is 0.239 e. The second-order valence-electron chi connectivity index (χ2n) is 2.54. The number of rotatable bonds is 2. The van der Waals surface area contributed by atoms with Crippen molar-refractivity contribution in [1.82, 2.24) is 4.57 Å². The molecule has 0 aromatic carbocycles. The standard InChI is InChI=1S/C8H15N2/c1-4-8-6-9(3)7-10(8)5-2/h6-7H,4-5H2,1-3H3/q+1. The lowest BCUT2D eigenvalue weighted by atomic mass is 10.3. The molecule has 0 fully saturated rings. The van der Waals surface area contributed by atoms with E-state index in [9.17, 15) is 0 Å². The van der Waals surface area contributed by atoms with Crippen molar-refractivity contribution in [2.45, 2.75) is 26.8 Å². The molecule has 2 heteroatoms. The van der Waals surface area contributed by atoms with Crippen molar-refractivity contribution < 1.29 is 4.57 Å². The SMILES string of the molecule is CCc1c[n+](C)cn1CC. The van der Waals surface area contributed by atoms with E-state index in [4.69, 9.17) is 0 Å². The van der Waals surface area contributed by atoms with Gasteiger partial charge in [-0.3, -0.25) is 0 Å². The highest BCUT2D eigenvalue weighted by atomic mass is 15.1. The van der Waals surface area contributed by atoms with E-state index in [-0.39, 0.29) is 0 Å². The molecule has 1 aromatic rings. The first kappa shape index (κ1) is 7.32. The monoisotopic (exact) mass is 139 g/mol. The van der Waals surface area contributed by atoms with Crippen molar-refractivity contribution in [2.75, 3.05) is 0 Å². The summed E-state index contributed by atoms with van der Waals surface area (Å²) in [5, 5.41) is 0. The first-order valence-corrected chi connectivity index (χ1v) is 3.82. The van der Waals surface area contributed by atoms with E-state index in [0.29, 0.717) is 0 Å². The van der Waals surface area contributed by atoms with Crippen LogP contribution >= 0.6 is 0 Å². The van der Waals surface area contributed by atoms with Gasteiger partial charge in [-0.05, 0) is 6.92 Å². The maximum atomic E-state index is 2.26. The lowest BCUT2D eigenvalue weighted by Crippen LogP contribution is -2.23. The molecule has 0 aliphatic carbocycles. The third-order valence-corrected chi connectivity index (χ3v) is 1.75. The minimum Gasteiger partial charge on any atom is -0.239 e. The molecule has 56 valence electrons. The van der Waals surface area contributed by atoms with E-state index in [1.165, 1.54) is 5.69 Å². The Balaban J connectivity index is 2.96. The second-order valence-corrected chi connectivity index (χ2v) is 2.54. The molecule has 0 unspecified atom stereocenters. The molecule has 2 nitrogen and oxygen atoms in total. The van der Waals surface area contributed by atoms with Crippen LogP contribution in [0.25, 0.3) is 0 Å². The van der Waals surface area contributed by atoms with Crippen LogP contribution < -0.4 is 4.57 Å². The van der Waals surface area contributed by atoms with Crippen molar-refractivity contribution in [3.63, 3.8) is 0 Å². The van der Waals surface area contributed by atoms with Crippen LogP contribution in [-0.4, -0.2) is 4.57 Å². The highest BCUT2D eigenvalue weighted by molar-refractivity contribution is 4.92. The highest BCUT2D eigenvalue weighted by Gasteiger charge is 2.05. The molecule has 0 amide bonds. The summed E-state index contributed by atoms with van der Waals surface area (Å²) in [7, 11) is 2.06. The van der Waals surface area contributed by atoms with Crippen LogP contribution in [0.3, 0.4) is 0 Å². The second kappa shape index (κ2) is 2.86. The Morgan fingerprint density at radius 2 is 2.20 bits per heavy atom. The van der Waals surface area contributed by atoms with Gasteiger partial charge in [0.05, 0.1) is 13.6 Å². The maximum absolute atomic E-state index is 2.26. The van der Waals surface area contributed by atoms with Crippen molar-refractivity contribution in [3.05, 3.63) is 18.2 Å². The summed E-state index contributed by atoms with van der Waals surface area (Å²) < 4.78 is 4.36. The molecular formula is C8H15N2+. The fourth-order valence-electron chi connectivity index (χ4n) is 1.22. The molecule has 0 radical (unpaired) electrons. The van der Waals surface area contributed by atoms with Gasteiger partial charge in [0.25, 0.3) is 0 Å². The quantitative estimate of drug-likeness (QED) is 0.538. The number of aryl methyl sites for hydroxylation is 3. The van der Waals surface area contributed by atoms with Gasteiger partial charge in [-0.25, -0.2) is 9.13 Å². The van der Waals surface area contributed by atoms with Crippen molar-refractivity contribution in [1.29, 1.82) is 0 Å². The number of nitrogens with zero attached hydrogens (tertiary/aromatic N) is 2. The van der Waals surface area contributed by atoms with Crippen LogP contribution in [0.15, 0.2) is 12.5 Å². The molecule has 0 aliphatic rings. The molecule has 0 aliphatic heterocycles. The number of hydrogen-bond donors (Lipinski definition) is 0. The molecule has 0 saturated carbocycles. The van der Waals surface area contributed by atoms with E-state index >= 15 is 0 Å². The minimum absolute atomic E-state index is 1.07. The van der Waals surface area contributed by atoms with Crippen LogP contribution in [-0.2, 0) is 20.0 Å². The van der Waals surface area contributed by atoms with Crippen molar-refractivity contribution >= 4 is 0 Å². The zero-order chi connectivity index (χ0) is 7.56. The molecule has 0 spiro atoms. The van der Waals surface area contributed by atoms with Crippen LogP contribution in [0.5, 0.6) is 0 Å². The Hall–Kier alpha value is -0.790. The van der Waals surface area contributed by atoms with Gasteiger partial charge < -0.3 is 0 Å². The molecule has 0 atom stereocenters. The predicted molar refractivity (Wildman–Crippen MR) is 40.7 cm³/mol. The number of imidazole rings is 1. The predicted octanol–water partition coefficient (Wildman–Crippen LogP) is 0.895. The van der Waals surface area contributed by atoms with Gasteiger partial charge in [0.15, 0.2) is 0 Å².